The zero-order valence-corrected chi connectivity index (χ0v) is 11.2. The Hall–Kier alpha value is -1.03. The molecule has 0 aromatic carbocycles. The maximum atomic E-state index is 11.2. The molecule has 5 N–H and O–H groups in total. The standard InChI is InChI=1S/C12H21NO7/c1-6(2)11(18)13-3-4-19-12-10(17)9(16)8(15)7(5-14)20-12/h7-10,12,14-17H,1,3-5H2,2H3,(H,13,18). The summed E-state index contributed by atoms with van der Waals surface area (Å²) in [7, 11) is 0. The van der Waals surface area contributed by atoms with Gasteiger partial charge in [-0.05, 0) is 6.92 Å². The maximum absolute atomic E-state index is 11.2. The van der Waals surface area contributed by atoms with Crippen LogP contribution in [-0.4, -0.2) is 76.8 Å². The Bertz CT molecular complexity index is 347. The summed E-state index contributed by atoms with van der Waals surface area (Å²) >= 11 is 0. The molecule has 0 bridgehead atoms. The summed E-state index contributed by atoms with van der Waals surface area (Å²) in [5, 5.41) is 40.3. The first-order valence-electron chi connectivity index (χ1n) is 6.24. The zero-order valence-electron chi connectivity index (χ0n) is 11.2. The molecule has 116 valence electrons. The van der Waals surface area contributed by atoms with E-state index in [9.17, 15) is 20.1 Å². The minimum atomic E-state index is -1.48. The van der Waals surface area contributed by atoms with Gasteiger partial charge in [-0.1, -0.05) is 6.58 Å². The van der Waals surface area contributed by atoms with Crippen molar-refractivity contribution in [1.82, 2.24) is 5.32 Å². The van der Waals surface area contributed by atoms with Crippen LogP contribution in [0.15, 0.2) is 12.2 Å². The summed E-state index contributed by atoms with van der Waals surface area (Å²) in [4.78, 5) is 11.2. The van der Waals surface area contributed by atoms with Gasteiger partial charge in [-0.3, -0.25) is 4.79 Å². The van der Waals surface area contributed by atoms with Crippen LogP contribution in [-0.2, 0) is 14.3 Å². The predicted octanol–water partition coefficient (Wildman–Crippen LogP) is -2.50. The minimum absolute atomic E-state index is 0.0295. The van der Waals surface area contributed by atoms with Gasteiger partial charge in [0.1, 0.15) is 24.4 Å². The van der Waals surface area contributed by atoms with E-state index in [1.165, 1.54) is 0 Å². The Morgan fingerprint density at radius 3 is 2.50 bits per heavy atom. The Balaban J connectivity index is 2.39. The van der Waals surface area contributed by atoms with Crippen LogP contribution in [0.4, 0.5) is 0 Å². The van der Waals surface area contributed by atoms with E-state index < -0.39 is 37.3 Å². The van der Waals surface area contributed by atoms with Gasteiger partial charge < -0.3 is 35.2 Å². The normalized spacial score (nSPS) is 33.8. The van der Waals surface area contributed by atoms with Crippen LogP contribution < -0.4 is 5.32 Å². The molecule has 0 aromatic rings. The van der Waals surface area contributed by atoms with Crippen LogP contribution in [0.1, 0.15) is 6.92 Å². The van der Waals surface area contributed by atoms with Crippen LogP contribution in [0.2, 0.25) is 0 Å². The number of carbonyl (C=O) groups excluding carboxylic acids is 1. The molecule has 5 unspecified atom stereocenters. The highest BCUT2D eigenvalue weighted by molar-refractivity contribution is 5.91. The van der Waals surface area contributed by atoms with Crippen molar-refractivity contribution in [3.8, 4) is 0 Å². The van der Waals surface area contributed by atoms with E-state index in [1.54, 1.807) is 6.92 Å². The summed E-state index contributed by atoms with van der Waals surface area (Å²) in [6.07, 6.45) is -6.53. The van der Waals surface area contributed by atoms with Gasteiger partial charge in [0.25, 0.3) is 0 Å². The Kier molecular flexibility index (Phi) is 6.53. The quantitative estimate of drug-likeness (QED) is 0.270. The number of amides is 1. The Labute approximate surface area is 116 Å². The summed E-state index contributed by atoms with van der Waals surface area (Å²) in [6, 6.07) is 0. The van der Waals surface area contributed by atoms with E-state index in [-0.39, 0.29) is 19.1 Å². The van der Waals surface area contributed by atoms with Crippen molar-refractivity contribution >= 4 is 5.91 Å². The molecule has 1 fully saturated rings. The molecular weight excluding hydrogens is 270 g/mol. The largest absolute Gasteiger partial charge is 0.394 e. The fourth-order valence-electron chi connectivity index (χ4n) is 1.70. The van der Waals surface area contributed by atoms with Crippen molar-refractivity contribution in [2.45, 2.75) is 37.6 Å². The topological polar surface area (TPSA) is 128 Å². The number of aliphatic hydroxyl groups excluding tert-OH is 4. The first-order valence-corrected chi connectivity index (χ1v) is 6.24. The molecule has 1 aliphatic rings. The molecule has 0 aromatic heterocycles. The summed E-state index contributed by atoms with van der Waals surface area (Å²) in [6.45, 7) is 4.71. The van der Waals surface area contributed by atoms with Gasteiger partial charge in [-0.2, -0.15) is 0 Å². The first kappa shape index (κ1) is 17.0. The molecule has 1 saturated heterocycles. The Morgan fingerprint density at radius 2 is 1.95 bits per heavy atom. The number of aliphatic hydroxyl groups is 4. The van der Waals surface area contributed by atoms with Gasteiger partial charge in [-0.15, -0.1) is 0 Å². The molecule has 5 atom stereocenters. The maximum Gasteiger partial charge on any atom is 0.246 e. The van der Waals surface area contributed by atoms with E-state index in [1.807, 2.05) is 0 Å². The van der Waals surface area contributed by atoms with E-state index in [2.05, 4.69) is 11.9 Å². The first-order chi connectivity index (χ1) is 9.38. The molecule has 20 heavy (non-hydrogen) atoms. The molecule has 0 spiro atoms. The van der Waals surface area contributed by atoms with Gasteiger partial charge in [0.2, 0.25) is 5.91 Å². The second-order valence-electron chi connectivity index (χ2n) is 4.60. The van der Waals surface area contributed by atoms with Crippen molar-refractivity contribution in [2.24, 2.45) is 0 Å². The second-order valence-corrected chi connectivity index (χ2v) is 4.60. The molecular formula is C12H21NO7. The fraction of sp³-hybridized carbons (Fsp3) is 0.750. The van der Waals surface area contributed by atoms with Crippen molar-refractivity contribution in [3.05, 3.63) is 12.2 Å². The van der Waals surface area contributed by atoms with Gasteiger partial charge in [-0.25, -0.2) is 0 Å². The molecule has 0 saturated carbocycles. The average Bonchev–Trinajstić information content (AvgIpc) is 2.42. The molecule has 8 nitrogen and oxygen atoms in total. The highest BCUT2D eigenvalue weighted by atomic mass is 16.7. The highest BCUT2D eigenvalue weighted by Crippen LogP contribution is 2.21. The van der Waals surface area contributed by atoms with Gasteiger partial charge in [0.15, 0.2) is 6.29 Å². The van der Waals surface area contributed by atoms with Gasteiger partial charge in [0.05, 0.1) is 13.2 Å². The lowest BCUT2D eigenvalue weighted by atomic mass is 9.99. The lowest BCUT2D eigenvalue weighted by Crippen LogP contribution is -2.59. The molecule has 0 radical (unpaired) electrons. The number of carbonyl (C=O) groups is 1. The van der Waals surface area contributed by atoms with Gasteiger partial charge >= 0.3 is 0 Å². The van der Waals surface area contributed by atoms with Crippen molar-refractivity contribution < 1.29 is 34.7 Å². The predicted molar refractivity (Wildman–Crippen MR) is 67.5 cm³/mol. The third-order valence-electron chi connectivity index (χ3n) is 2.91. The van der Waals surface area contributed by atoms with Crippen molar-refractivity contribution in [1.29, 1.82) is 0 Å². The van der Waals surface area contributed by atoms with Gasteiger partial charge in [0, 0.05) is 12.1 Å². The molecule has 1 aliphatic heterocycles. The van der Waals surface area contributed by atoms with E-state index in [4.69, 9.17) is 14.6 Å². The minimum Gasteiger partial charge on any atom is -0.394 e. The number of ether oxygens (including phenoxy) is 2. The van der Waals surface area contributed by atoms with Crippen LogP contribution in [0, 0.1) is 0 Å². The zero-order chi connectivity index (χ0) is 15.3. The van der Waals surface area contributed by atoms with Crippen LogP contribution >= 0.6 is 0 Å². The monoisotopic (exact) mass is 291 g/mol. The molecule has 1 rings (SSSR count). The number of nitrogens with one attached hydrogen (secondary N) is 1. The summed E-state index contributed by atoms with van der Waals surface area (Å²) in [5.74, 6) is -0.317. The van der Waals surface area contributed by atoms with Crippen molar-refractivity contribution in [2.75, 3.05) is 19.8 Å². The average molecular weight is 291 g/mol. The SMILES string of the molecule is C=C(C)C(=O)NCCOC1OC(CO)C(O)C(O)C1O. The van der Waals surface area contributed by atoms with Crippen LogP contribution in [0.5, 0.6) is 0 Å². The molecule has 1 heterocycles. The smallest absolute Gasteiger partial charge is 0.246 e. The lowest BCUT2D eigenvalue weighted by molar-refractivity contribution is -0.300. The third kappa shape index (κ3) is 4.23. The second kappa shape index (κ2) is 7.67. The van der Waals surface area contributed by atoms with Crippen LogP contribution in [0.3, 0.4) is 0 Å². The highest BCUT2D eigenvalue weighted by Gasteiger charge is 2.43. The third-order valence-corrected chi connectivity index (χ3v) is 2.91. The number of rotatable bonds is 6. The van der Waals surface area contributed by atoms with E-state index in [0.29, 0.717) is 5.57 Å². The summed E-state index contributed by atoms with van der Waals surface area (Å²) < 4.78 is 10.3. The van der Waals surface area contributed by atoms with Crippen LogP contribution in [0.25, 0.3) is 0 Å². The Morgan fingerprint density at radius 1 is 1.30 bits per heavy atom. The number of hydrogen-bond acceptors (Lipinski definition) is 7. The fourth-order valence-corrected chi connectivity index (χ4v) is 1.70. The van der Waals surface area contributed by atoms with E-state index in [0.717, 1.165) is 0 Å². The van der Waals surface area contributed by atoms with Crippen molar-refractivity contribution in [3.63, 3.8) is 0 Å². The molecule has 8 heteroatoms. The number of hydrogen-bond donors (Lipinski definition) is 5. The molecule has 0 aliphatic carbocycles. The lowest BCUT2D eigenvalue weighted by Gasteiger charge is -2.39. The van der Waals surface area contributed by atoms with E-state index >= 15 is 0 Å². The molecule has 1 amide bonds. The summed E-state index contributed by atoms with van der Waals surface area (Å²) in [5.41, 5.74) is 0.359.